The van der Waals surface area contributed by atoms with Crippen molar-refractivity contribution >= 4 is 23.2 Å². The van der Waals surface area contributed by atoms with E-state index in [2.05, 4.69) is 26.1 Å². The number of hydrogen-bond donors (Lipinski definition) is 1. The van der Waals surface area contributed by atoms with Gasteiger partial charge in [-0.25, -0.2) is 0 Å². The highest BCUT2D eigenvalue weighted by atomic mass is 16.5. The van der Waals surface area contributed by atoms with E-state index in [0.29, 0.717) is 13.2 Å². The monoisotopic (exact) mass is 380 g/mol. The summed E-state index contributed by atoms with van der Waals surface area (Å²) in [5, 5.41) is 3.04. The molecule has 1 atom stereocenters. The zero-order chi connectivity index (χ0) is 20.3. The molecule has 1 heterocycles. The minimum Gasteiger partial charge on any atom is -0.494 e. The first-order valence-corrected chi connectivity index (χ1v) is 9.73. The maximum absolute atomic E-state index is 12.8. The number of nitrogens with zero attached hydrogens (tertiary/aromatic N) is 1. The van der Waals surface area contributed by atoms with E-state index in [1.807, 2.05) is 55.5 Å². The third-order valence-electron chi connectivity index (χ3n) is 4.95. The van der Waals surface area contributed by atoms with Crippen molar-refractivity contribution in [1.29, 1.82) is 0 Å². The molecule has 0 radical (unpaired) electrons. The summed E-state index contributed by atoms with van der Waals surface area (Å²) < 4.78 is 5.45. The number of anilines is 2. The van der Waals surface area contributed by atoms with Crippen LogP contribution in [0.25, 0.3) is 0 Å². The van der Waals surface area contributed by atoms with Crippen molar-refractivity contribution in [1.82, 2.24) is 0 Å². The fourth-order valence-corrected chi connectivity index (χ4v) is 3.50. The molecule has 0 bridgehead atoms. The van der Waals surface area contributed by atoms with Gasteiger partial charge in [0.2, 0.25) is 11.8 Å². The maximum atomic E-state index is 12.8. The lowest BCUT2D eigenvalue weighted by molar-refractivity contribution is -0.122. The summed E-state index contributed by atoms with van der Waals surface area (Å²) in [7, 11) is 0. The second-order valence-corrected chi connectivity index (χ2v) is 8.12. The highest BCUT2D eigenvalue weighted by Crippen LogP contribution is 2.31. The normalized spacial score (nSPS) is 16.9. The van der Waals surface area contributed by atoms with Gasteiger partial charge in [0.15, 0.2) is 0 Å². The van der Waals surface area contributed by atoms with E-state index in [-0.39, 0.29) is 29.6 Å². The number of nitrogens with one attached hydrogen (secondary N) is 1. The fourth-order valence-electron chi connectivity index (χ4n) is 3.50. The second kappa shape index (κ2) is 8.05. The number of carbonyl (C=O) groups is 2. The number of benzene rings is 2. The van der Waals surface area contributed by atoms with Crippen LogP contribution in [-0.4, -0.2) is 25.0 Å². The molecule has 0 aliphatic carbocycles. The van der Waals surface area contributed by atoms with Crippen LogP contribution in [0.3, 0.4) is 0 Å². The largest absolute Gasteiger partial charge is 0.494 e. The number of carbonyl (C=O) groups excluding carboxylic acids is 2. The molecule has 3 rings (SSSR count). The standard InChI is InChI=1S/C23H28N2O3/c1-5-28-18-12-10-17(11-13-18)25-15-16(14-21(25)26)22(27)24-20-9-7-6-8-19(20)23(2,3)4/h6-13,16H,5,14-15H2,1-4H3,(H,24,27)/t16-/m0/s1. The van der Waals surface area contributed by atoms with Gasteiger partial charge in [-0.05, 0) is 48.2 Å². The summed E-state index contributed by atoms with van der Waals surface area (Å²) in [6.45, 7) is 9.26. The summed E-state index contributed by atoms with van der Waals surface area (Å²) >= 11 is 0. The van der Waals surface area contributed by atoms with Gasteiger partial charge in [-0.2, -0.15) is 0 Å². The Morgan fingerprint density at radius 2 is 1.82 bits per heavy atom. The van der Waals surface area contributed by atoms with Crippen molar-refractivity contribution in [2.75, 3.05) is 23.4 Å². The smallest absolute Gasteiger partial charge is 0.229 e. The van der Waals surface area contributed by atoms with Crippen LogP contribution in [0.2, 0.25) is 0 Å². The maximum Gasteiger partial charge on any atom is 0.229 e. The molecule has 1 saturated heterocycles. The van der Waals surface area contributed by atoms with E-state index in [1.165, 1.54) is 0 Å². The third kappa shape index (κ3) is 4.35. The molecule has 2 amide bonds. The lowest BCUT2D eigenvalue weighted by Gasteiger charge is -2.23. The quantitative estimate of drug-likeness (QED) is 0.838. The van der Waals surface area contributed by atoms with Crippen LogP contribution in [0.5, 0.6) is 5.75 Å². The van der Waals surface area contributed by atoms with Crippen LogP contribution >= 0.6 is 0 Å². The zero-order valence-corrected chi connectivity index (χ0v) is 17.0. The Kier molecular flexibility index (Phi) is 5.73. The highest BCUT2D eigenvalue weighted by molar-refractivity contribution is 6.03. The molecule has 5 heteroatoms. The number of amides is 2. The van der Waals surface area contributed by atoms with Gasteiger partial charge in [0.05, 0.1) is 12.5 Å². The Hall–Kier alpha value is -2.82. The molecule has 0 saturated carbocycles. The summed E-state index contributed by atoms with van der Waals surface area (Å²) in [6, 6.07) is 15.2. The Balaban J connectivity index is 1.71. The van der Waals surface area contributed by atoms with Crippen molar-refractivity contribution in [3.63, 3.8) is 0 Å². The van der Waals surface area contributed by atoms with E-state index in [4.69, 9.17) is 4.74 Å². The topological polar surface area (TPSA) is 58.6 Å². The molecule has 0 spiro atoms. The van der Waals surface area contributed by atoms with Crippen molar-refractivity contribution in [2.45, 2.75) is 39.5 Å². The van der Waals surface area contributed by atoms with Gasteiger partial charge in [-0.1, -0.05) is 39.0 Å². The molecule has 0 unspecified atom stereocenters. The van der Waals surface area contributed by atoms with E-state index >= 15 is 0 Å². The molecule has 1 aliphatic rings. The molecule has 2 aromatic rings. The predicted molar refractivity (Wildman–Crippen MR) is 112 cm³/mol. The third-order valence-corrected chi connectivity index (χ3v) is 4.95. The first-order valence-electron chi connectivity index (χ1n) is 9.73. The van der Waals surface area contributed by atoms with Gasteiger partial charge in [0.25, 0.3) is 0 Å². The van der Waals surface area contributed by atoms with E-state index < -0.39 is 0 Å². The van der Waals surface area contributed by atoms with Crippen LogP contribution in [0.4, 0.5) is 11.4 Å². The minimum atomic E-state index is -0.368. The Morgan fingerprint density at radius 1 is 1.14 bits per heavy atom. The molecule has 1 fully saturated rings. The average Bonchev–Trinajstić information content (AvgIpc) is 3.04. The zero-order valence-electron chi connectivity index (χ0n) is 17.0. The summed E-state index contributed by atoms with van der Waals surface area (Å²) in [6.07, 6.45) is 0.219. The van der Waals surface area contributed by atoms with Crippen molar-refractivity contribution in [3.8, 4) is 5.75 Å². The number of rotatable bonds is 5. The molecule has 1 N–H and O–H groups in total. The number of para-hydroxylation sites is 1. The van der Waals surface area contributed by atoms with E-state index in [1.54, 1.807) is 4.90 Å². The van der Waals surface area contributed by atoms with Crippen LogP contribution in [-0.2, 0) is 15.0 Å². The minimum absolute atomic E-state index is 0.0339. The van der Waals surface area contributed by atoms with Gasteiger partial charge in [-0.15, -0.1) is 0 Å². The summed E-state index contributed by atoms with van der Waals surface area (Å²) in [5.41, 5.74) is 2.60. The van der Waals surface area contributed by atoms with Gasteiger partial charge in [0, 0.05) is 24.3 Å². The predicted octanol–water partition coefficient (Wildman–Crippen LogP) is 4.37. The van der Waals surface area contributed by atoms with Crippen LogP contribution in [0.15, 0.2) is 48.5 Å². The molecule has 1 aliphatic heterocycles. The Morgan fingerprint density at radius 3 is 2.46 bits per heavy atom. The average molecular weight is 380 g/mol. The van der Waals surface area contributed by atoms with Crippen LogP contribution < -0.4 is 15.0 Å². The van der Waals surface area contributed by atoms with Crippen LogP contribution in [0, 0.1) is 5.92 Å². The number of ether oxygens (including phenoxy) is 1. The summed E-state index contributed by atoms with van der Waals surface area (Å²) in [5.74, 6) is 0.255. The van der Waals surface area contributed by atoms with Crippen molar-refractivity contribution < 1.29 is 14.3 Å². The lowest BCUT2D eigenvalue weighted by Crippen LogP contribution is -2.28. The van der Waals surface area contributed by atoms with E-state index in [9.17, 15) is 9.59 Å². The van der Waals surface area contributed by atoms with Crippen LogP contribution in [0.1, 0.15) is 39.7 Å². The lowest BCUT2D eigenvalue weighted by atomic mass is 9.85. The van der Waals surface area contributed by atoms with Gasteiger partial charge >= 0.3 is 0 Å². The molecule has 2 aromatic carbocycles. The van der Waals surface area contributed by atoms with Crippen molar-refractivity contribution in [3.05, 3.63) is 54.1 Å². The molecule has 148 valence electrons. The fraction of sp³-hybridized carbons (Fsp3) is 0.391. The van der Waals surface area contributed by atoms with E-state index in [0.717, 1.165) is 22.7 Å². The van der Waals surface area contributed by atoms with Gasteiger partial charge in [0.1, 0.15) is 5.75 Å². The Bertz CT molecular complexity index is 853. The molecular formula is C23H28N2O3. The summed E-state index contributed by atoms with van der Waals surface area (Å²) in [4.78, 5) is 27.0. The van der Waals surface area contributed by atoms with Gasteiger partial charge < -0.3 is 15.0 Å². The molecule has 28 heavy (non-hydrogen) atoms. The molecule has 5 nitrogen and oxygen atoms in total. The molecular weight excluding hydrogens is 352 g/mol. The number of hydrogen-bond acceptors (Lipinski definition) is 3. The molecule has 0 aromatic heterocycles. The Labute approximate surface area is 166 Å². The van der Waals surface area contributed by atoms with Gasteiger partial charge in [-0.3, -0.25) is 9.59 Å². The first-order chi connectivity index (χ1) is 13.3. The highest BCUT2D eigenvalue weighted by Gasteiger charge is 2.35. The second-order valence-electron chi connectivity index (χ2n) is 8.12. The van der Waals surface area contributed by atoms with Crippen molar-refractivity contribution in [2.24, 2.45) is 5.92 Å². The first kappa shape index (κ1) is 19.9. The SMILES string of the molecule is CCOc1ccc(N2C[C@@H](C(=O)Nc3ccccc3C(C)(C)C)CC2=O)cc1.